The maximum absolute atomic E-state index is 13.4. The zero-order valence-electron chi connectivity index (χ0n) is 19.4. The summed E-state index contributed by atoms with van der Waals surface area (Å²) in [6.07, 6.45) is 8.40. The number of thioether (sulfide) groups is 1. The fourth-order valence-corrected chi connectivity index (χ4v) is 6.79. The molecule has 5 rings (SSSR count). The molecule has 0 spiro atoms. The molecule has 3 atom stereocenters. The van der Waals surface area contributed by atoms with Crippen LogP contribution in [-0.2, 0) is 9.59 Å². The van der Waals surface area contributed by atoms with Crippen molar-refractivity contribution in [2.75, 3.05) is 18.0 Å². The lowest BCUT2D eigenvalue weighted by Crippen LogP contribution is -2.41. The fourth-order valence-electron chi connectivity index (χ4n) is 5.09. The van der Waals surface area contributed by atoms with E-state index in [1.54, 1.807) is 17.3 Å². The predicted molar refractivity (Wildman–Crippen MR) is 140 cm³/mol. The average Bonchev–Trinajstić information content (AvgIpc) is 3.59. The van der Waals surface area contributed by atoms with E-state index < -0.39 is 0 Å². The van der Waals surface area contributed by atoms with Crippen LogP contribution in [0.4, 0.5) is 5.69 Å². The van der Waals surface area contributed by atoms with Gasteiger partial charge in [-0.2, -0.15) is 0 Å². The Morgan fingerprint density at radius 3 is 2.71 bits per heavy atom. The SMILES string of the molecule is Cc1cc(N2CC(NC(=O)C3CC=C(Br)S3)CC2=O)ccc1C(=O)N1CCCC1c1ccncc1. The normalized spacial score (nSPS) is 24.1. The first-order valence-corrected chi connectivity index (χ1v) is 13.5. The quantitative estimate of drug-likeness (QED) is 0.594. The Kier molecular flexibility index (Phi) is 6.98. The monoisotopic (exact) mass is 554 g/mol. The van der Waals surface area contributed by atoms with E-state index >= 15 is 0 Å². The summed E-state index contributed by atoms with van der Waals surface area (Å²) < 4.78 is 0.980. The van der Waals surface area contributed by atoms with Crippen molar-refractivity contribution in [2.24, 2.45) is 0 Å². The molecule has 2 fully saturated rings. The molecule has 3 amide bonds. The molecule has 0 saturated carbocycles. The summed E-state index contributed by atoms with van der Waals surface area (Å²) in [7, 11) is 0. The molecule has 1 N–H and O–H groups in total. The minimum atomic E-state index is -0.220. The van der Waals surface area contributed by atoms with Crippen molar-refractivity contribution in [3.63, 3.8) is 0 Å². The standard InChI is InChI=1S/C26H27BrN4O3S/c1-16-13-19(31-15-18(14-24(31)32)29-25(33)22-6-7-23(27)35-22)4-5-20(16)26(34)30-12-2-3-21(30)17-8-10-28-11-9-17/h4-5,7-11,13,18,21-22H,2-3,6,12,14-15H2,1H3,(H,29,33). The molecule has 35 heavy (non-hydrogen) atoms. The second-order valence-corrected chi connectivity index (χ2v) is 11.8. The Hall–Kier alpha value is -2.65. The first-order chi connectivity index (χ1) is 16.9. The van der Waals surface area contributed by atoms with E-state index in [4.69, 9.17) is 0 Å². The molecule has 1 aromatic carbocycles. The predicted octanol–water partition coefficient (Wildman–Crippen LogP) is 4.33. The number of hydrogen-bond donors (Lipinski definition) is 1. The lowest BCUT2D eigenvalue weighted by atomic mass is 10.0. The smallest absolute Gasteiger partial charge is 0.254 e. The zero-order valence-corrected chi connectivity index (χ0v) is 21.8. The topological polar surface area (TPSA) is 82.6 Å². The number of hydrogen-bond acceptors (Lipinski definition) is 5. The number of rotatable bonds is 5. The van der Waals surface area contributed by atoms with Gasteiger partial charge in [0.05, 0.1) is 17.3 Å². The summed E-state index contributed by atoms with van der Waals surface area (Å²) in [6.45, 7) is 3.07. The third kappa shape index (κ3) is 5.02. The molecule has 0 bridgehead atoms. The molecule has 0 aliphatic carbocycles. The molecule has 4 heterocycles. The highest BCUT2D eigenvalue weighted by Crippen LogP contribution is 2.37. The number of likely N-dealkylation sites (tertiary alicyclic amines) is 1. The van der Waals surface area contributed by atoms with Crippen molar-refractivity contribution in [1.29, 1.82) is 0 Å². The number of carbonyl (C=O) groups excluding carboxylic acids is 3. The van der Waals surface area contributed by atoms with Gasteiger partial charge in [-0.15, -0.1) is 11.8 Å². The average molecular weight is 555 g/mol. The van der Waals surface area contributed by atoms with Gasteiger partial charge in [-0.3, -0.25) is 19.4 Å². The van der Waals surface area contributed by atoms with Gasteiger partial charge < -0.3 is 15.1 Å². The molecule has 9 heteroatoms. The third-order valence-corrected chi connectivity index (χ3v) is 8.84. The van der Waals surface area contributed by atoms with Crippen molar-refractivity contribution >= 4 is 51.1 Å². The minimum absolute atomic E-state index is 0.0140. The zero-order chi connectivity index (χ0) is 24.5. The number of nitrogens with one attached hydrogen (secondary N) is 1. The summed E-state index contributed by atoms with van der Waals surface area (Å²) in [5.41, 5.74) is 3.36. The molecule has 3 unspecified atom stereocenters. The highest BCUT2D eigenvalue weighted by molar-refractivity contribution is 9.14. The minimum Gasteiger partial charge on any atom is -0.350 e. The summed E-state index contributed by atoms with van der Waals surface area (Å²) >= 11 is 4.92. The number of pyridine rings is 1. The van der Waals surface area contributed by atoms with Crippen LogP contribution in [-0.4, -0.2) is 52.0 Å². The summed E-state index contributed by atoms with van der Waals surface area (Å²) in [5, 5.41) is 2.88. The molecule has 2 aromatic rings. The summed E-state index contributed by atoms with van der Waals surface area (Å²) in [6, 6.07) is 9.36. The van der Waals surface area contributed by atoms with Gasteiger partial charge in [0, 0.05) is 47.0 Å². The Morgan fingerprint density at radius 1 is 1.20 bits per heavy atom. The van der Waals surface area contributed by atoms with E-state index in [-0.39, 0.29) is 41.5 Å². The van der Waals surface area contributed by atoms with E-state index in [0.717, 1.165) is 40.0 Å². The van der Waals surface area contributed by atoms with Gasteiger partial charge in [-0.25, -0.2) is 0 Å². The van der Waals surface area contributed by atoms with Crippen molar-refractivity contribution in [3.8, 4) is 0 Å². The Labute approximate surface area is 217 Å². The number of carbonyl (C=O) groups is 3. The summed E-state index contributed by atoms with van der Waals surface area (Å²) in [5.74, 6) is -0.0450. The van der Waals surface area contributed by atoms with Crippen LogP contribution in [0.25, 0.3) is 0 Å². The second-order valence-electron chi connectivity index (χ2n) is 9.20. The van der Waals surface area contributed by atoms with Gasteiger partial charge in [0.2, 0.25) is 11.8 Å². The number of anilines is 1. The largest absolute Gasteiger partial charge is 0.350 e. The van der Waals surface area contributed by atoms with Crippen LogP contribution in [0.2, 0.25) is 0 Å². The molecule has 182 valence electrons. The van der Waals surface area contributed by atoms with Gasteiger partial charge in [0.1, 0.15) is 0 Å². The van der Waals surface area contributed by atoms with Crippen LogP contribution in [0.3, 0.4) is 0 Å². The Morgan fingerprint density at radius 2 is 2.00 bits per heavy atom. The van der Waals surface area contributed by atoms with Crippen molar-refractivity contribution in [3.05, 3.63) is 69.3 Å². The first-order valence-electron chi connectivity index (χ1n) is 11.9. The Bertz CT molecular complexity index is 1190. The van der Waals surface area contributed by atoms with Crippen LogP contribution in [0.5, 0.6) is 0 Å². The lowest BCUT2D eigenvalue weighted by molar-refractivity contribution is -0.121. The van der Waals surface area contributed by atoms with Crippen LogP contribution < -0.4 is 10.2 Å². The van der Waals surface area contributed by atoms with Crippen LogP contribution >= 0.6 is 27.7 Å². The van der Waals surface area contributed by atoms with E-state index in [9.17, 15) is 14.4 Å². The molecule has 7 nitrogen and oxygen atoms in total. The van der Waals surface area contributed by atoms with E-state index in [0.29, 0.717) is 18.5 Å². The van der Waals surface area contributed by atoms with Crippen molar-refractivity contribution in [2.45, 2.75) is 49.9 Å². The number of aryl methyl sites for hydroxylation is 1. The molecular weight excluding hydrogens is 528 g/mol. The van der Waals surface area contributed by atoms with Gasteiger partial charge in [-0.05, 0) is 83.6 Å². The lowest BCUT2D eigenvalue weighted by Gasteiger charge is -2.26. The van der Waals surface area contributed by atoms with Gasteiger partial charge in [-0.1, -0.05) is 6.08 Å². The number of halogens is 1. The highest BCUT2D eigenvalue weighted by atomic mass is 79.9. The number of nitrogens with zero attached hydrogens (tertiary/aromatic N) is 3. The van der Waals surface area contributed by atoms with Gasteiger partial charge in [0.15, 0.2) is 0 Å². The molecule has 3 aliphatic heterocycles. The molecule has 2 saturated heterocycles. The number of aromatic nitrogens is 1. The Balaban J connectivity index is 1.26. The molecular formula is C26H27BrN4O3S. The number of amides is 3. The van der Waals surface area contributed by atoms with Crippen molar-refractivity contribution in [1.82, 2.24) is 15.2 Å². The fraction of sp³-hybridized carbons (Fsp3) is 0.385. The number of benzene rings is 1. The summed E-state index contributed by atoms with van der Waals surface area (Å²) in [4.78, 5) is 46.5. The maximum Gasteiger partial charge on any atom is 0.254 e. The molecule has 1 aromatic heterocycles. The van der Waals surface area contributed by atoms with Crippen LogP contribution in [0, 0.1) is 6.92 Å². The van der Waals surface area contributed by atoms with Gasteiger partial charge in [0.25, 0.3) is 5.91 Å². The van der Waals surface area contributed by atoms with Gasteiger partial charge >= 0.3 is 0 Å². The molecule has 0 radical (unpaired) electrons. The third-order valence-electron chi connectivity index (χ3n) is 6.87. The van der Waals surface area contributed by atoms with Crippen molar-refractivity contribution < 1.29 is 14.4 Å². The first kappa shape index (κ1) is 24.1. The number of allylic oxidation sites excluding steroid dienone is 1. The maximum atomic E-state index is 13.4. The molecule has 3 aliphatic rings. The van der Waals surface area contributed by atoms with Crippen LogP contribution in [0.1, 0.15) is 53.2 Å². The van der Waals surface area contributed by atoms with E-state index in [1.165, 1.54) is 11.8 Å². The van der Waals surface area contributed by atoms with E-state index in [2.05, 4.69) is 26.2 Å². The van der Waals surface area contributed by atoms with Crippen LogP contribution in [0.15, 0.2) is 52.6 Å². The van der Waals surface area contributed by atoms with E-state index in [1.807, 2.05) is 48.2 Å². The second kappa shape index (κ2) is 10.1. The highest BCUT2D eigenvalue weighted by Gasteiger charge is 2.35.